The zero-order valence-electron chi connectivity index (χ0n) is 19.8. The maximum atomic E-state index is 13.9. The smallest absolute Gasteiger partial charge is 0.336 e. The van der Waals surface area contributed by atoms with Crippen LogP contribution in [0.2, 0.25) is 0 Å². The SMILES string of the molecule is Cc1cc(=O)oc2cc(NC(=O)C3c4ccccc4C(=O)N(CC(C)C)C3c3cccs3)ccc12. The Morgan fingerprint density at radius 3 is 2.63 bits per heavy atom. The highest BCUT2D eigenvalue weighted by Crippen LogP contribution is 2.45. The van der Waals surface area contributed by atoms with Gasteiger partial charge in [0, 0.05) is 40.2 Å². The van der Waals surface area contributed by atoms with Crippen LogP contribution >= 0.6 is 11.3 Å². The highest BCUT2D eigenvalue weighted by molar-refractivity contribution is 7.10. The van der Waals surface area contributed by atoms with Gasteiger partial charge in [0.1, 0.15) is 5.58 Å². The van der Waals surface area contributed by atoms with Crippen molar-refractivity contribution in [3.63, 3.8) is 0 Å². The van der Waals surface area contributed by atoms with E-state index in [4.69, 9.17) is 4.42 Å². The lowest BCUT2D eigenvalue weighted by Crippen LogP contribution is -2.47. The number of thiophene rings is 1. The Morgan fingerprint density at radius 2 is 1.89 bits per heavy atom. The Morgan fingerprint density at radius 1 is 1.09 bits per heavy atom. The summed E-state index contributed by atoms with van der Waals surface area (Å²) in [5, 5.41) is 5.81. The Bertz CT molecular complexity index is 1470. The fraction of sp³-hybridized carbons (Fsp3) is 0.250. The van der Waals surface area contributed by atoms with Crippen molar-refractivity contribution in [3.8, 4) is 0 Å². The molecule has 1 aliphatic rings. The predicted molar refractivity (Wildman–Crippen MR) is 138 cm³/mol. The first-order valence-electron chi connectivity index (χ1n) is 11.6. The van der Waals surface area contributed by atoms with E-state index in [-0.39, 0.29) is 17.7 Å². The molecule has 1 aliphatic heterocycles. The Balaban J connectivity index is 1.59. The van der Waals surface area contributed by atoms with Crippen LogP contribution in [-0.4, -0.2) is 23.3 Å². The molecule has 0 bridgehead atoms. The van der Waals surface area contributed by atoms with E-state index in [2.05, 4.69) is 19.2 Å². The van der Waals surface area contributed by atoms with E-state index in [1.165, 1.54) is 6.07 Å². The summed E-state index contributed by atoms with van der Waals surface area (Å²) >= 11 is 1.55. The van der Waals surface area contributed by atoms with Gasteiger partial charge in [-0.2, -0.15) is 0 Å². The molecule has 2 amide bonds. The van der Waals surface area contributed by atoms with Gasteiger partial charge >= 0.3 is 5.63 Å². The molecular weight excluding hydrogens is 460 g/mol. The van der Waals surface area contributed by atoms with Gasteiger partial charge in [-0.25, -0.2) is 4.79 Å². The maximum absolute atomic E-state index is 13.9. The van der Waals surface area contributed by atoms with E-state index in [9.17, 15) is 14.4 Å². The first-order valence-corrected chi connectivity index (χ1v) is 12.5. The summed E-state index contributed by atoms with van der Waals surface area (Å²) < 4.78 is 5.36. The quantitative estimate of drug-likeness (QED) is 0.365. The number of hydrogen-bond donors (Lipinski definition) is 1. The van der Waals surface area contributed by atoms with Crippen molar-refractivity contribution in [1.82, 2.24) is 4.90 Å². The molecule has 2 aromatic heterocycles. The third-order valence-electron chi connectivity index (χ3n) is 6.34. The van der Waals surface area contributed by atoms with Crippen LogP contribution in [0.3, 0.4) is 0 Å². The van der Waals surface area contributed by atoms with Crippen LogP contribution in [0.4, 0.5) is 5.69 Å². The topological polar surface area (TPSA) is 79.6 Å². The van der Waals surface area contributed by atoms with Gasteiger partial charge in [0.2, 0.25) is 5.91 Å². The van der Waals surface area contributed by atoms with Gasteiger partial charge in [0.25, 0.3) is 5.91 Å². The molecule has 2 atom stereocenters. The molecule has 35 heavy (non-hydrogen) atoms. The fourth-order valence-electron chi connectivity index (χ4n) is 4.87. The van der Waals surface area contributed by atoms with Crippen LogP contribution in [0.25, 0.3) is 11.0 Å². The molecule has 0 aliphatic carbocycles. The minimum Gasteiger partial charge on any atom is -0.423 e. The Labute approximate surface area is 207 Å². The third-order valence-corrected chi connectivity index (χ3v) is 7.28. The van der Waals surface area contributed by atoms with E-state index >= 15 is 0 Å². The van der Waals surface area contributed by atoms with Crippen molar-refractivity contribution in [2.24, 2.45) is 5.92 Å². The summed E-state index contributed by atoms with van der Waals surface area (Å²) in [5.41, 5.74) is 2.61. The molecule has 6 nitrogen and oxygen atoms in total. The van der Waals surface area contributed by atoms with Crippen molar-refractivity contribution in [1.29, 1.82) is 0 Å². The van der Waals surface area contributed by atoms with E-state index in [1.807, 2.05) is 53.6 Å². The van der Waals surface area contributed by atoms with Crippen molar-refractivity contribution in [2.75, 3.05) is 11.9 Å². The largest absolute Gasteiger partial charge is 0.423 e. The molecule has 178 valence electrons. The van der Waals surface area contributed by atoms with E-state index < -0.39 is 17.6 Å². The molecule has 5 rings (SSSR count). The number of carbonyl (C=O) groups excluding carboxylic acids is 2. The lowest BCUT2D eigenvalue weighted by molar-refractivity contribution is -0.119. The summed E-state index contributed by atoms with van der Waals surface area (Å²) in [6.45, 7) is 6.53. The number of rotatable bonds is 5. The molecule has 0 saturated heterocycles. The summed E-state index contributed by atoms with van der Waals surface area (Å²) in [6, 6.07) is 17.6. The predicted octanol–water partition coefficient (Wildman–Crippen LogP) is 5.74. The highest BCUT2D eigenvalue weighted by atomic mass is 32.1. The van der Waals surface area contributed by atoms with Crippen LogP contribution < -0.4 is 10.9 Å². The van der Waals surface area contributed by atoms with Crippen LogP contribution in [0, 0.1) is 12.8 Å². The second-order valence-electron chi connectivity index (χ2n) is 9.33. The van der Waals surface area contributed by atoms with Gasteiger partial charge in [-0.1, -0.05) is 38.1 Å². The number of anilines is 1. The first-order chi connectivity index (χ1) is 16.8. The van der Waals surface area contributed by atoms with Crippen molar-refractivity contribution in [2.45, 2.75) is 32.7 Å². The van der Waals surface area contributed by atoms with Gasteiger partial charge in [0.05, 0.1) is 12.0 Å². The third kappa shape index (κ3) is 4.28. The number of fused-ring (bicyclic) bond motifs is 2. The lowest BCUT2D eigenvalue weighted by atomic mass is 9.81. The van der Waals surface area contributed by atoms with Crippen LogP contribution in [0.1, 0.15) is 52.2 Å². The number of benzene rings is 2. The van der Waals surface area contributed by atoms with Crippen molar-refractivity contribution >= 4 is 39.8 Å². The molecule has 0 saturated carbocycles. The van der Waals surface area contributed by atoms with E-state index in [0.29, 0.717) is 23.4 Å². The normalized spacial score (nSPS) is 17.6. The second kappa shape index (κ2) is 9.15. The van der Waals surface area contributed by atoms with E-state index in [0.717, 1.165) is 21.4 Å². The average molecular weight is 487 g/mol. The summed E-state index contributed by atoms with van der Waals surface area (Å²) in [4.78, 5) is 42.1. The summed E-state index contributed by atoms with van der Waals surface area (Å²) in [7, 11) is 0. The van der Waals surface area contributed by atoms with Crippen LogP contribution in [0.15, 0.2) is 75.3 Å². The number of nitrogens with zero attached hydrogens (tertiary/aromatic N) is 1. The second-order valence-corrected chi connectivity index (χ2v) is 10.3. The van der Waals surface area contributed by atoms with Gasteiger partial charge < -0.3 is 14.6 Å². The molecule has 2 unspecified atom stereocenters. The van der Waals surface area contributed by atoms with Crippen molar-refractivity contribution < 1.29 is 14.0 Å². The number of amides is 2. The van der Waals surface area contributed by atoms with Gasteiger partial charge in [-0.05, 0) is 53.6 Å². The Kier molecular flexibility index (Phi) is 6.03. The van der Waals surface area contributed by atoms with Gasteiger partial charge in [-0.15, -0.1) is 11.3 Å². The van der Waals surface area contributed by atoms with Crippen LogP contribution in [-0.2, 0) is 4.79 Å². The van der Waals surface area contributed by atoms with E-state index in [1.54, 1.807) is 29.5 Å². The number of nitrogens with one attached hydrogen (secondary N) is 1. The molecule has 0 spiro atoms. The molecule has 0 radical (unpaired) electrons. The average Bonchev–Trinajstić information content (AvgIpc) is 3.34. The zero-order valence-corrected chi connectivity index (χ0v) is 20.6. The summed E-state index contributed by atoms with van der Waals surface area (Å²) in [5.74, 6) is -0.630. The monoisotopic (exact) mass is 486 g/mol. The molecular formula is C28H26N2O4S. The number of hydrogen-bond acceptors (Lipinski definition) is 5. The minimum atomic E-state index is -0.596. The first kappa shape index (κ1) is 23.1. The molecule has 1 N–H and O–H groups in total. The summed E-state index contributed by atoms with van der Waals surface area (Å²) in [6.07, 6.45) is 0. The maximum Gasteiger partial charge on any atom is 0.336 e. The zero-order chi connectivity index (χ0) is 24.7. The van der Waals surface area contributed by atoms with Gasteiger partial charge in [0.15, 0.2) is 0 Å². The van der Waals surface area contributed by atoms with Crippen LogP contribution in [0.5, 0.6) is 0 Å². The fourth-order valence-corrected chi connectivity index (χ4v) is 5.74. The highest BCUT2D eigenvalue weighted by Gasteiger charge is 2.44. The molecule has 4 aromatic rings. The molecule has 2 aromatic carbocycles. The van der Waals surface area contributed by atoms with Gasteiger partial charge in [-0.3, -0.25) is 9.59 Å². The molecule has 7 heteroatoms. The molecule has 0 fully saturated rings. The molecule has 3 heterocycles. The number of carbonyl (C=O) groups is 2. The number of aryl methyl sites for hydroxylation is 1. The standard InChI is InChI=1S/C28H26N2O4S/c1-16(2)15-30-26(23-9-6-12-35-23)25(20-7-4-5-8-21(20)28(30)33)27(32)29-18-10-11-19-17(3)13-24(31)34-22(19)14-18/h4-14,16,25-26H,15H2,1-3H3,(H,29,32). The lowest BCUT2D eigenvalue weighted by Gasteiger charge is -2.42. The van der Waals surface area contributed by atoms with Crippen molar-refractivity contribution in [3.05, 3.63) is 98.0 Å². The minimum absolute atomic E-state index is 0.0558. The Hall–Kier alpha value is -3.71.